The van der Waals surface area contributed by atoms with Gasteiger partial charge >= 0.3 is 6.09 Å². The number of pyridine rings is 1. The molecule has 30 heavy (non-hydrogen) atoms. The second-order valence-corrected chi connectivity index (χ2v) is 8.32. The van der Waals surface area contributed by atoms with Gasteiger partial charge in [0, 0.05) is 36.4 Å². The molecular formula is C22H28N4O3S. The molecule has 0 spiro atoms. The number of carbonyl (C=O) groups excluding carboxylic acids is 2. The number of amides is 2. The van der Waals surface area contributed by atoms with E-state index in [0.29, 0.717) is 30.4 Å². The molecule has 0 radical (unpaired) electrons. The summed E-state index contributed by atoms with van der Waals surface area (Å²) in [6.45, 7) is 5.57. The molecule has 0 aromatic carbocycles. The number of ether oxygens (including phenoxy) is 1. The number of fused-ring (bicyclic) bond motifs is 1. The van der Waals surface area contributed by atoms with Crippen molar-refractivity contribution >= 4 is 40.1 Å². The summed E-state index contributed by atoms with van der Waals surface area (Å²) in [5.74, 6) is 0.0398. The Morgan fingerprint density at radius 1 is 1.40 bits per heavy atom. The molecule has 160 valence electrons. The number of nitrogens with zero attached hydrogens (tertiary/aromatic N) is 2. The van der Waals surface area contributed by atoms with Gasteiger partial charge in [-0.25, -0.2) is 4.79 Å². The molecule has 7 nitrogen and oxygen atoms in total. The first kappa shape index (κ1) is 21.8. The lowest BCUT2D eigenvalue weighted by Gasteiger charge is -2.24. The van der Waals surface area contributed by atoms with E-state index in [0.717, 1.165) is 35.3 Å². The van der Waals surface area contributed by atoms with Gasteiger partial charge in [0.1, 0.15) is 5.00 Å². The monoisotopic (exact) mass is 428 g/mol. The molecule has 0 saturated carbocycles. The lowest BCUT2D eigenvalue weighted by molar-refractivity contribution is -0.111. The molecule has 0 aliphatic heterocycles. The number of hydrogen-bond donors (Lipinski definition) is 2. The Morgan fingerprint density at radius 3 is 2.90 bits per heavy atom. The van der Waals surface area contributed by atoms with Gasteiger partial charge < -0.3 is 20.7 Å². The Balaban J connectivity index is 1.58. The van der Waals surface area contributed by atoms with E-state index in [1.54, 1.807) is 23.4 Å². The molecule has 1 unspecified atom stereocenters. The van der Waals surface area contributed by atoms with Gasteiger partial charge in [0.2, 0.25) is 5.91 Å². The maximum Gasteiger partial charge on any atom is 0.409 e. The van der Waals surface area contributed by atoms with Crippen LogP contribution in [0.5, 0.6) is 0 Å². The van der Waals surface area contributed by atoms with Crippen molar-refractivity contribution < 1.29 is 14.3 Å². The standard InChI is InChI=1S/C22H28N4O3S/c1-3-26(4-2)22(28)29-14-16-7-9-17-18(12-16)30-21(20(17)23)25-19(27)10-8-15-6-5-11-24-13-15/h5-6,8,10-11,13,16H,3-4,7,9,12,14,23H2,1-2H3,(H,25,27)/b10-8+. The molecule has 1 atom stereocenters. The lowest BCUT2D eigenvalue weighted by Crippen LogP contribution is -2.33. The summed E-state index contributed by atoms with van der Waals surface area (Å²) >= 11 is 1.51. The van der Waals surface area contributed by atoms with Crippen molar-refractivity contribution in [1.29, 1.82) is 0 Å². The lowest BCUT2D eigenvalue weighted by atomic mass is 9.89. The second-order valence-electron chi connectivity index (χ2n) is 7.21. The zero-order chi connectivity index (χ0) is 21.5. The zero-order valence-electron chi connectivity index (χ0n) is 17.4. The van der Waals surface area contributed by atoms with Crippen LogP contribution < -0.4 is 11.1 Å². The molecule has 2 amide bonds. The van der Waals surface area contributed by atoms with Crippen LogP contribution in [0.15, 0.2) is 30.6 Å². The topological polar surface area (TPSA) is 97.5 Å². The van der Waals surface area contributed by atoms with E-state index in [4.69, 9.17) is 10.5 Å². The SMILES string of the molecule is CCN(CC)C(=O)OCC1CCc2c(sc(NC(=O)/C=C/c3cccnc3)c2N)C1. The first-order valence-corrected chi connectivity index (χ1v) is 11.0. The first-order chi connectivity index (χ1) is 14.5. The first-order valence-electron chi connectivity index (χ1n) is 10.2. The molecule has 0 saturated heterocycles. The van der Waals surface area contributed by atoms with Gasteiger partial charge in [0.05, 0.1) is 12.3 Å². The summed E-state index contributed by atoms with van der Waals surface area (Å²) < 4.78 is 5.49. The third-order valence-corrected chi connectivity index (χ3v) is 6.41. The van der Waals surface area contributed by atoms with Crippen LogP contribution in [0.4, 0.5) is 15.5 Å². The van der Waals surface area contributed by atoms with E-state index < -0.39 is 0 Å². The molecule has 0 fully saturated rings. The van der Waals surface area contributed by atoms with Gasteiger partial charge in [0.25, 0.3) is 0 Å². The Morgan fingerprint density at radius 2 is 2.20 bits per heavy atom. The van der Waals surface area contributed by atoms with Crippen molar-refractivity contribution in [3.05, 3.63) is 46.6 Å². The number of anilines is 2. The normalized spacial score (nSPS) is 15.6. The average molecular weight is 429 g/mol. The summed E-state index contributed by atoms with van der Waals surface area (Å²) in [4.78, 5) is 31.2. The number of carbonyl (C=O) groups is 2. The Labute approximate surface area is 180 Å². The van der Waals surface area contributed by atoms with Crippen LogP contribution in [-0.2, 0) is 22.4 Å². The van der Waals surface area contributed by atoms with Crippen molar-refractivity contribution in [2.75, 3.05) is 30.7 Å². The van der Waals surface area contributed by atoms with Gasteiger partial charge in [-0.1, -0.05) is 6.07 Å². The molecule has 3 rings (SSSR count). The summed E-state index contributed by atoms with van der Waals surface area (Å²) in [6.07, 6.45) is 8.85. The minimum Gasteiger partial charge on any atom is -0.449 e. The number of nitrogens with one attached hydrogen (secondary N) is 1. The smallest absolute Gasteiger partial charge is 0.409 e. The van der Waals surface area contributed by atoms with Crippen LogP contribution in [0.1, 0.15) is 36.3 Å². The van der Waals surface area contributed by atoms with E-state index >= 15 is 0 Å². The van der Waals surface area contributed by atoms with Crippen molar-refractivity contribution in [3.8, 4) is 0 Å². The quantitative estimate of drug-likeness (QED) is 0.651. The van der Waals surface area contributed by atoms with Crippen molar-refractivity contribution in [2.24, 2.45) is 5.92 Å². The minimum atomic E-state index is -0.259. The summed E-state index contributed by atoms with van der Waals surface area (Å²) in [5.41, 5.74) is 8.91. The van der Waals surface area contributed by atoms with E-state index in [1.807, 2.05) is 26.0 Å². The molecule has 1 aliphatic rings. The fourth-order valence-corrected chi connectivity index (χ4v) is 4.76. The minimum absolute atomic E-state index is 0.228. The Hall–Kier alpha value is -2.87. The molecule has 0 bridgehead atoms. The van der Waals surface area contributed by atoms with Crippen LogP contribution in [0.2, 0.25) is 0 Å². The van der Waals surface area contributed by atoms with E-state index in [9.17, 15) is 9.59 Å². The maximum absolute atomic E-state index is 12.3. The summed E-state index contributed by atoms with van der Waals surface area (Å²) in [7, 11) is 0. The van der Waals surface area contributed by atoms with Crippen LogP contribution in [0.3, 0.4) is 0 Å². The maximum atomic E-state index is 12.3. The zero-order valence-corrected chi connectivity index (χ0v) is 18.2. The molecule has 8 heteroatoms. The number of hydrogen-bond acceptors (Lipinski definition) is 6. The van der Waals surface area contributed by atoms with E-state index in [1.165, 1.54) is 17.4 Å². The predicted molar refractivity (Wildman–Crippen MR) is 120 cm³/mol. The average Bonchev–Trinajstić information content (AvgIpc) is 3.07. The predicted octanol–water partition coefficient (Wildman–Crippen LogP) is 3.96. The molecular weight excluding hydrogens is 400 g/mol. The van der Waals surface area contributed by atoms with E-state index in [-0.39, 0.29) is 17.9 Å². The fraction of sp³-hybridized carbons (Fsp3) is 0.409. The van der Waals surface area contributed by atoms with Crippen LogP contribution in [-0.4, -0.2) is 41.6 Å². The highest BCUT2D eigenvalue weighted by molar-refractivity contribution is 7.17. The number of nitrogens with two attached hydrogens (primary N) is 1. The highest BCUT2D eigenvalue weighted by Crippen LogP contribution is 2.41. The van der Waals surface area contributed by atoms with Crippen LogP contribution in [0.25, 0.3) is 6.08 Å². The Bertz CT molecular complexity index is 907. The molecule has 2 heterocycles. The van der Waals surface area contributed by atoms with Gasteiger partial charge in [-0.05, 0) is 62.3 Å². The molecule has 2 aromatic rings. The summed E-state index contributed by atoms with van der Waals surface area (Å²) in [6, 6.07) is 3.70. The number of rotatable bonds is 7. The Kier molecular flexibility index (Phi) is 7.46. The van der Waals surface area contributed by atoms with E-state index in [2.05, 4.69) is 10.3 Å². The van der Waals surface area contributed by atoms with Crippen molar-refractivity contribution in [1.82, 2.24) is 9.88 Å². The van der Waals surface area contributed by atoms with Gasteiger partial charge in [-0.15, -0.1) is 11.3 Å². The van der Waals surface area contributed by atoms with Crippen LogP contribution >= 0.6 is 11.3 Å². The number of aromatic nitrogens is 1. The molecule has 3 N–H and O–H groups in total. The number of nitrogen functional groups attached to an aromatic ring is 1. The summed E-state index contributed by atoms with van der Waals surface area (Å²) in [5, 5.41) is 3.57. The second kappa shape index (κ2) is 10.2. The largest absolute Gasteiger partial charge is 0.449 e. The highest BCUT2D eigenvalue weighted by Gasteiger charge is 2.26. The highest BCUT2D eigenvalue weighted by atomic mass is 32.1. The third-order valence-electron chi connectivity index (χ3n) is 5.22. The van der Waals surface area contributed by atoms with Gasteiger partial charge in [0.15, 0.2) is 0 Å². The molecule has 1 aliphatic carbocycles. The van der Waals surface area contributed by atoms with Crippen LogP contribution in [0, 0.1) is 5.92 Å². The van der Waals surface area contributed by atoms with Crippen molar-refractivity contribution in [2.45, 2.75) is 33.1 Å². The fourth-order valence-electron chi connectivity index (χ4n) is 3.48. The third kappa shape index (κ3) is 5.38. The molecule has 2 aromatic heterocycles. The van der Waals surface area contributed by atoms with Crippen molar-refractivity contribution in [3.63, 3.8) is 0 Å². The van der Waals surface area contributed by atoms with Gasteiger partial charge in [-0.3, -0.25) is 9.78 Å². The van der Waals surface area contributed by atoms with Gasteiger partial charge in [-0.2, -0.15) is 0 Å². The number of thiophene rings is 1.